The number of amides is 4. The van der Waals surface area contributed by atoms with Crippen molar-refractivity contribution in [2.45, 2.75) is 13.0 Å². The van der Waals surface area contributed by atoms with E-state index in [1.807, 2.05) is 6.07 Å². The largest absolute Gasteiger partial charge is 0.338 e. The van der Waals surface area contributed by atoms with Crippen molar-refractivity contribution >= 4 is 33.6 Å². The lowest BCUT2D eigenvalue weighted by atomic mass is 10.2. The lowest BCUT2D eigenvalue weighted by molar-refractivity contribution is -0.137. The van der Waals surface area contributed by atoms with Crippen LogP contribution in [0.5, 0.6) is 0 Å². The minimum Gasteiger partial charge on any atom is -0.338 e. The summed E-state index contributed by atoms with van der Waals surface area (Å²) < 4.78 is 24.4. The van der Waals surface area contributed by atoms with Crippen LogP contribution in [0.1, 0.15) is 6.92 Å². The topological polar surface area (TPSA) is 98.3 Å². The van der Waals surface area contributed by atoms with Crippen LogP contribution in [0.4, 0.5) is 10.5 Å². The summed E-state index contributed by atoms with van der Waals surface area (Å²) in [6.07, 6.45) is 1.13. The van der Waals surface area contributed by atoms with Crippen molar-refractivity contribution in [1.29, 1.82) is 0 Å². The maximum absolute atomic E-state index is 12.7. The van der Waals surface area contributed by atoms with E-state index in [9.17, 15) is 22.8 Å². The van der Waals surface area contributed by atoms with Crippen LogP contribution in [-0.2, 0) is 19.6 Å². The molecule has 2 fully saturated rings. The van der Waals surface area contributed by atoms with Crippen molar-refractivity contribution in [2.24, 2.45) is 0 Å². The number of para-hydroxylation sites is 1. The van der Waals surface area contributed by atoms with E-state index in [0.717, 1.165) is 11.2 Å². The normalized spacial score (nSPS) is 21.9. The van der Waals surface area contributed by atoms with E-state index >= 15 is 0 Å². The number of imide groups is 1. The second kappa shape index (κ2) is 7.28. The fourth-order valence-corrected chi connectivity index (χ4v) is 4.13. The molecule has 1 aromatic carbocycles. The highest BCUT2D eigenvalue weighted by Crippen LogP contribution is 2.25. The van der Waals surface area contributed by atoms with E-state index in [0.29, 0.717) is 5.69 Å². The third-order valence-electron chi connectivity index (χ3n) is 4.84. The van der Waals surface area contributed by atoms with Crippen LogP contribution in [0.3, 0.4) is 0 Å². The molecule has 0 spiro atoms. The molecule has 0 N–H and O–H groups in total. The Bertz CT molecular complexity index is 849. The molecule has 27 heavy (non-hydrogen) atoms. The van der Waals surface area contributed by atoms with Crippen molar-refractivity contribution < 1.29 is 22.8 Å². The van der Waals surface area contributed by atoms with Crippen LogP contribution in [-0.4, -0.2) is 85.4 Å². The third kappa shape index (κ3) is 3.81. The summed E-state index contributed by atoms with van der Waals surface area (Å²) in [5.41, 5.74) is 0.597. The van der Waals surface area contributed by atoms with E-state index in [1.165, 1.54) is 14.1 Å². The van der Waals surface area contributed by atoms with Gasteiger partial charge in [0, 0.05) is 31.9 Å². The number of nitrogens with zero attached hydrogens (tertiary/aromatic N) is 4. The van der Waals surface area contributed by atoms with Gasteiger partial charge in [0.05, 0.1) is 6.26 Å². The molecule has 1 atom stereocenters. The summed E-state index contributed by atoms with van der Waals surface area (Å²) in [6, 6.07) is 7.61. The Balaban J connectivity index is 1.66. The van der Waals surface area contributed by atoms with Gasteiger partial charge in [0.1, 0.15) is 12.6 Å². The first-order valence-corrected chi connectivity index (χ1v) is 10.5. The van der Waals surface area contributed by atoms with Crippen molar-refractivity contribution in [3.05, 3.63) is 30.3 Å². The van der Waals surface area contributed by atoms with Crippen molar-refractivity contribution in [1.82, 2.24) is 14.1 Å². The Morgan fingerprint density at radius 1 is 1.07 bits per heavy atom. The first-order chi connectivity index (χ1) is 12.7. The fraction of sp³-hybridized carbons (Fsp3) is 0.471. The van der Waals surface area contributed by atoms with Crippen LogP contribution in [0.25, 0.3) is 0 Å². The van der Waals surface area contributed by atoms with Crippen molar-refractivity contribution in [3.8, 4) is 0 Å². The number of sulfonamides is 1. The van der Waals surface area contributed by atoms with Gasteiger partial charge in [0.2, 0.25) is 15.9 Å². The average molecular weight is 394 g/mol. The van der Waals surface area contributed by atoms with Gasteiger partial charge in [-0.2, -0.15) is 4.31 Å². The van der Waals surface area contributed by atoms with Gasteiger partial charge in [-0.25, -0.2) is 13.2 Å². The van der Waals surface area contributed by atoms with Crippen LogP contribution >= 0.6 is 0 Å². The molecule has 10 heteroatoms. The number of rotatable bonds is 4. The Morgan fingerprint density at radius 2 is 1.67 bits per heavy atom. The molecule has 0 aromatic heterocycles. The summed E-state index contributed by atoms with van der Waals surface area (Å²) in [4.78, 5) is 41.6. The quantitative estimate of drug-likeness (QED) is 0.667. The lowest BCUT2D eigenvalue weighted by Gasteiger charge is -2.33. The van der Waals surface area contributed by atoms with Crippen molar-refractivity contribution in [3.63, 3.8) is 0 Å². The summed E-state index contributed by atoms with van der Waals surface area (Å²) in [5, 5.41) is 0. The van der Waals surface area contributed by atoms with E-state index in [-0.39, 0.29) is 38.6 Å². The lowest BCUT2D eigenvalue weighted by Crippen LogP contribution is -2.53. The summed E-state index contributed by atoms with van der Waals surface area (Å²) in [5.74, 6) is -0.793. The number of anilines is 1. The fourth-order valence-electron chi connectivity index (χ4n) is 3.30. The molecule has 0 saturated carbocycles. The first kappa shape index (κ1) is 19.3. The van der Waals surface area contributed by atoms with Gasteiger partial charge in [-0.05, 0) is 19.1 Å². The molecule has 1 unspecified atom stereocenters. The van der Waals surface area contributed by atoms with E-state index in [4.69, 9.17) is 0 Å². The maximum Gasteiger partial charge on any atom is 0.332 e. The highest BCUT2D eigenvalue weighted by atomic mass is 32.2. The monoisotopic (exact) mass is 394 g/mol. The van der Waals surface area contributed by atoms with Crippen LogP contribution in [0.15, 0.2) is 30.3 Å². The average Bonchev–Trinajstić information content (AvgIpc) is 2.85. The SMILES string of the molecule is CC1C(=O)N(CC(=O)N2CCN(S(C)(=O)=O)CC2)C(=O)N1c1ccccc1. The number of carbonyl (C=O) groups is 3. The number of benzene rings is 1. The Labute approximate surface area is 158 Å². The minimum absolute atomic E-state index is 0.207. The molecular formula is C17H22N4O5S. The molecule has 0 bridgehead atoms. The van der Waals surface area contributed by atoms with E-state index in [2.05, 4.69) is 0 Å². The van der Waals surface area contributed by atoms with Gasteiger partial charge in [-0.15, -0.1) is 0 Å². The smallest absolute Gasteiger partial charge is 0.332 e. The number of carbonyl (C=O) groups excluding carboxylic acids is 3. The molecule has 2 heterocycles. The predicted molar refractivity (Wildman–Crippen MR) is 98.5 cm³/mol. The molecule has 2 aliphatic heterocycles. The molecule has 2 saturated heterocycles. The Kier molecular flexibility index (Phi) is 5.20. The Hall–Kier alpha value is -2.46. The molecule has 4 amide bonds. The number of hydrogen-bond acceptors (Lipinski definition) is 5. The summed E-state index contributed by atoms with van der Waals surface area (Å²) >= 11 is 0. The molecule has 0 aliphatic carbocycles. The molecule has 146 valence electrons. The number of hydrogen-bond donors (Lipinski definition) is 0. The van der Waals surface area contributed by atoms with Crippen LogP contribution in [0.2, 0.25) is 0 Å². The summed E-state index contributed by atoms with van der Waals surface area (Å²) in [6.45, 7) is 2.17. The highest BCUT2D eigenvalue weighted by Gasteiger charge is 2.44. The zero-order chi connectivity index (χ0) is 19.8. The van der Waals surface area contributed by atoms with Crippen molar-refractivity contribution in [2.75, 3.05) is 43.9 Å². The third-order valence-corrected chi connectivity index (χ3v) is 6.14. The van der Waals surface area contributed by atoms with Crippen LogP contribution < -0.4 is 4.90 Å². The first-order valence-electron chi connectivity index (χ1n) is 8.62. The van der Waals surface area contributed by atoms with E-state index < -0.39 is 28.0 Å². The molecule has 9 nitrogen and oxygen atoms in total. The van der Waals surface area contributed by atoms with Crippen LogP contribution in [0, 0.1) is 0 Å². The van der Waals surface area contributed by atoms with Gasteiger partial charge < -0.3 is 4.90 Å². The maximum atomic E-state index is 12.7. The van der Waals surface area contributed by atoms with Gasteiger partial charge in [0.25, 0.3) is 5.91 Å². The zero-order valence-electron chi connectivity index (χ0n) is 15.2. The predicted octanol–water partition coefficient (Wildman–Crippen LogP) is -0.0525. The van der Waals surface area contributed by atoms with Gasteiger partial charge >= 0.3 is 6.03 Å². The Morgan fingerprint density at radius 3 is 2.22 bits per heavy atom. The summed E-state index contributed by atoms with van der Waals surface area (Å²) in [7, 11) is -3.29. The molecular weight excluding hydrogens is 372 g/mol. The standard InChI is InChI=1S/C17H22N4O5S/c1-13-16(23)20(17(24)21(13)14-6-4-3-5-7-14)12-15(22)18-8-10-19(11-9-18)27(2,25)26/h3-7,13H,8-12H2,1-2H3. The second-order valence-corrected chi connectivity index (χ2v) is 8.61. The molecule has 3 rings (SSSR count). The number of piperazine rings is 1. The van der Waals surface area contributed by atoms with Gasteiger partial charge in [-0.1, -0.05) is 18.2 Å². The molecule has 2 aliphatic rings. The molecule has 0 radical (unpaired) electrons. The zero-order valence-corrected chi connectivity index (χ0v) is 16.1. The van der Waals surface area contributed by atoms with Gasteiger partial charge in [0.15, 0.2) is 0 Å². The van der Waals surface area contributed by atoms with Gasteiger partial charge in [-0.3, -0.25) is 19.4 Å². The highest BCUT2D eigenvalue weighted by molar-refractivity contribution is 7.88. The minimum atomic E-state index is -3.29. The molecule has 1 aromatic rings. The number of urea groups is 1. The second-order valence-electron chi connectivity index (χ2n) is 6.63. The van der Waals surface area contributed by atoms with E-state index in [1.54, 1.807) is 31.2 Å².